The van der Waals surface area contributed by atoms with Crippen molar-refractivity contribution in [3.05, 3.63) is 78.1 Å². The highest BCUT2D eigenvalue weighted by Gasteiger charge is 2.18. The zero-order valence-electron chi connectivity index (χ0n) is 13.8. The summed E-state index contributed by atoms with van der Waals surface area (Å²) in [6.07, 6.45) is 5.23. The lowest BCUT2D eigenvalue weighted by Gasteiger charge is -2.12. The Bertz CT molecular complexity index is 1120. The van der Waals surface area contributed by atoms with Crippen molar-refractivity contribution >= 4 is 16.9 Å². The number of fused-ring (bicyclic) bond motifs is 1. The normalized spacial score (nSPS) is 11.0. The summed E-state index contributed by atoms with van der Waals surface area (Å²) in [5, 5.41) is 9.93. The molecule has 6 heteroatoms. The molecule has 128 valence electrons. The molecule has 0 aliphatic carbocycles. The van der Waals surface area contributed by atoms with Crippen molar-refractivity contribution in [2.24, 2.45) is 0 Å². The van der Waals surface area contributed by atoms with Crippen LogP contribution in [0.5, 0.6) is 0 Å². The predicted octanol–water partition coefficient (Wildman–Crippen LogP) is 4.23. The van der Waals surface area contributed by atoms with E-state index in [1.54, 1.807) is 19.4 Å². The average molecular weight is 347 g/mol. The minimum atomic E-state index is -1.10. The molecule has 0 atom stereocenters. The zero-order chi connectivity index (χ0) is 18.3. The van der Waals surface area contributed by atoms with Gasteiger partial charge < -0.3 is 9.67 Å². The minimum Gasteiger partial charge on any atom is -0.478 e. The topological polar surface area (TPSA) is 68.0 Å². The van der Waals surface area contributed by atoms with E-state index >= 15 is 0 Å². The van der Waals surface area contributed by atoms with Crippen molar-refractivity contribution in [3.8, 4) is 16.9 Å². The Balaban J connectivity index is 1.90. The van der Waals surface area contributed by atoms with Gasteiger partial charge in [0, 0.05) is 29.0 Å². The van der Waals surface area contributed by atoms with Crippen molar-refractivity contribution in [1.29, 1.82) is 0 Å². The first-order valence-electron chi connectivity index (χ1n) is 7.96. The maximum atomic E-state index is 13.6. The van der Waals surface area contributed by atoms with Gasteiger partial charge in [-0.1, -0.05) is 12.1 Å². The number of benzene rings is 2. The van der Waals surface area contributed by atoms with Crippen LogP contribution in [-0.4, -0.2) is 25.6 Å². The number of hydrogen-bond acceptors (Lipinski definition) is 3. The van der Waals surface area contributed by atoms with Crippen LogP contribution < -0.4 is 0 Å². The number of carboxylic acids is 1. The second-order valence-electron chi connectivity index (χ2n) is 5.94. The van der Waals surface area contributed by atoms with Crippen molar-refractivity contribution in [2.75, 3.05) is 0 Å². The molecule has 4 aromatic rings. The summed E-state index contributed by atoms with van der Waals surface area (Å²) in [6, 6.07) is 11.6. The first-order chi connectivity index (χ1) is 12.5. The second kappa shape index (κ2) is 6.07. The highest BCUT2D eigenvalue weighted by molar-refractivity contribution is 6.05. The fraction of sp³-hybridized carbons (Fsp3) is 0.0500. The number of imidazole rings is 1. The van der Waals surface area contributed by atoms with E-state index in [-0.39, 0.29) is 5.56 Å². The molecule has 5 nitrogen and oxygen atoms in total. The molecular formula is C20H14FN3O2. The summed E-state index contributed by atoms with van der Waals surface area (Å²) in [7, 11) is 0. The number of carboxylic acid groups (broad SMARTS) is 1. The minimum absolute atomic E-state index is 0.0724. The number of halogens is 1. The summed E-state index contributed by atoms with van der Waals surface area (Å²) >= 11 is 0. The standard InChI is InChI=1S/C20H14FN3O2/c1-12-18(20(25)26)16-10-14(21)4-7-17(16)23-19(12)13-2-5-15(6-3-13)24-9-8-22-11-24/h2-11H,1H3,(H,25,26). The van der Waals surface area contributed by atoms with Crippen molar-refractivity contribution in [2.45, 2.75) is 6.92 Å². The number of hydrogen-bond donors (Lipinski definition) is 1. The smallest absolute Gasteiger partial charge is 0.336 e. The van der Waals surface area contributed by atoms with Gasteiger partial charge in [-0.15, -0.1) is 0 Å². The van der Waals surface area contributed by atoms with Crippen LogP contribution >= 0.6 is 0 Å². The monoisotopic (exact) mass is 347 g/mol. The fourth-order valence-electron chi connectivity index (χ4n) is 3.09. The van der Waals surface area contributed by atoms with Crippen LogP contribution in [0.3, 0.4) is 0 Å². The number of aromatic carboxylic acids is 1. The highest BCUT2D eigenvalue weighted by Crippen LogP contribution is 2.30. The van der Waals surface area contributed by atoms with E-state index in [4.69, 9.17) is 0 Å². The maximum Gasteiger partial charge on any atom is 0.336 e. The molecule has 0 amide bonds. The molecule has 2 aromatic heterocycles. The summed E-state index contributed by atoms with van der Waals surface area (Å²) in [4.78, 5) is 20.4. The Labute approximate surface area is 148 Å². The van der Waals surface area contributed by atoms with Crippen LogP contribution in [0.4, 0.5) is 4.39 Å². The van der Waals surface area contributed by atoms with Gasteiger partial charge in [-0.3, -0.25) is 0 Å². The Morgan fingerprint density at radius 1 is 1.15 bits per heavy atom. The molecule has 4 rings (SSSR count). The second-order valence-corrected chi connectivity index (χ2v) is 5.94. The molecule has 0 fully saturated rings. The fourth-order valence-corrected chi connectivity index (χ4v) is 3.09. The van der Waals surface area contributed by atoms with Gasteiger partial charge in [-0.05, 0) is 42.8 Å². The molecular weight excluding hydrogens is 333 g/mol. The van der Waals surface area contributed by atoms with Gasteiger partial charge in [0.05, 0.1) is 23.1 Å². The molecule has 0 spiro atoms. The van der Waals surface area contributed by atoms with E-state index < -0.39 is 11.8 Å². The molecule has 0 aliphatic rings. The van der Waals surface area contributed by atoms with Gasteiger partial charge in [0.2, 0.25) is 0 Å². The average Bonchev–Trinajstić information content (AvgIpc) is 3.15. The van der Waals surface area contributed by atoms with E-state index in [9.17, 15) is 14.3 Å². The third-order valence-electron chi connectivity index (χ3n) is 4.35. The Hall–Kier alpha value is -3.54. The summed E-state index contributed by atoms with van der Waals surface area (Å²) in [5.74, 6) is -1.59. The van der Waals surface area contributed by atoms with Gasteiger partial charge in [0.1, 0.15) is 5.82 Å². The first-order valence-corrected chi connectivity index (χ1v) is 7.96. The molecule has 0 radical (unpaired) electrons. The number of pyridine rings is 1. The van der Waals surface area contributed by atoms with E-state index in [0.29, 0.717) is 22.2 Å². The largest absolute Gasteiger partial charge is 0.478 e. The quantitative estimate of drug-likeness (QED) is 0.602. The predicted molar refractivity (Wildman–Crippen MR) is 96.0 cm³/mol. The van der Waals surface area contributed by atoms with E-state index in [1.165, 1.54) is 18.2 Å². The lowest BCUT2D eigenvalue weighted by Crippen LogP contribution is -2.05. The van der Waals surface area contributed by atoms with Gasteiger partial charge in [0.25, 0.3) is 0 Å². The Morgan fingerprint density at radius 3 is 2.58 bits per heavy atom. The number of nitrogens with zero attached hydrogens (tertiary/aromatic N) is 3. The summed E-state index contributed by atoms with van der Waals surface area (Å²) in [6.45, 7) is 1.69. The van der Waals surface area contributed by atoms with Crippen molar-refractivity contribution < 1.29 is 14.3 Å². The molecule has 0 aliphatic heterocycles. The Morgan fingerprint density at radius 2 is 1.92 bits per heavy atom. The third kappa shape index (κ3) is 2.61. The lowest BCUT2D eigenvalue weighted by atomic mass is 9.97. The van der Waals surface area contributed by atoms with E-state index in [2.05, 4.69) is 9.97 Å². The third-order valence-corrected chi connectivity index (χ3v) is 4.35. The van der Waals surface area contributed by atoms with Crippen LogP contribution in [0.25, 0.3) is 27.8 Å². The Kier molecular flexibility index (Phi) is 3.73. The molecule has 0 saturated heterocycles. The SMILES string of the molecule is Cc1c(-c2ccc(-n3ccnc3)cc2)nc2ccc(F)cc2c1C(=O)O. The van der Waals surface area contributed by atoms with Crippen LogP contribution in [0.1, 0.15) is 15.9 Å². The van der Waals surface area contributed by atoms with Gasteiger partial charge in [-0.25, -0.2) is 19.2 Å². The molecule has 26 heavy (non-hydrogen) atoms. The molecule has 0 saturated carbocycles. The molecule has 0 bridgehead atoms. The van der Waals surface area contributed by atoms with Gasteiger partial charge >= 0.3 is 5.97 Å². The van der Waals surface area contributed by atoms with Crippen molar-refractivity contribution in [1.82, 2.24) is 14.5 Å². The van der Waals surface area contributed by atoms with Gasteiger partial charge in [-0.2, -0.15) is 0 Å². The van der Waals surface area contributed by atoms with Crippen LogP contribution in [0, 0.1) is 12.7 Å². The molecule has 0 unspecified atom stereocenters. The zero-order valence-corrected chi connectivity index (χ0v) is 13.8. The van der Waals surface area contributed by atoms with Crippen molar-refractivity contribution in [3.63, 3.8) is 0 Å². The van der Waals surface area contributed by atoms with E-state index in [0.717, 1.165) is 11.3 Å². The van der Waals surface area contributed by atoms with Gasteiger partial charge in [0.15, 0.2) is 0 Å². The number of rotatable bonds is 3. The van der Waals surface area contributed by atoms with Crippen LogP contribution in [0.15, 0.2) is 61.2 Å². The molecule has 1 N–H and O–H groups in total. The first kappa shape index (κ1) is 16.0. The molecule has 2 heterocycles. The van der Waals surface area contributed by atoms with Crippen LogP contribution in [0.2, 0.25) is 0 Å². The summed E-state index contributed by atoms with van der Waals surface area (Å²) in [5.41, 5.74) is 3.32. The van der Waals surface area contributed by atoms with E-state index in [1.807, 2.05) is 35.0 Å². The summed E-state index contributed by atoms with van der Waals surface area (Å²) < 4.78 is 15.5. The van der Waals surface area contributed by atoms with Crippen LogP contribution in [-0.2, 0) is 0 Å². The lowest BCUT2D eigenvalue weighted by molar-refractivity contribution is 0.0698. The maximum absolute atomic E-state index is 13.6. The molecule has 2 aromatic carbocycles. The highest BCUT2D eigenvalue weighted by atomic mass is 19.1. The number of carbonyl (C=O) groups is 1. The number of aromatic nitrogens is 3.